The van der Waals surface area contributed by atoms with E-state index in [9.17, 15) is 0 Å². The summed E-state index contributed by atoms with van der Waals surface area (Å²) in [5, 5.41) is 0. The minimum atomic E-state index is 1.05. The maximum absolute atomic E-state index is 2.54. The van der Waals surface area contributed by atoms with Gasteiger partial charge < -0.3 is 9.80 Å². The van der Waals surface area contributed by atoms with E-state index in [1.54, 1.807) is 0 Å². The Hall–Kier alpha value is -0.960. The molecule has 0 N–H and O–H groups in total. The van der Waals surface area contributed by atoms with E-state index in [2.05, 4.69) is 46.9 Å². The Kier molecular flexibility index (Phi) is 5.12. The zero-order chi connectivity index (χ0) is 12.8. The first-order valence-electron chi connectivity index (χ1n) is 7.43. The lowest BCUT2D eigenvalue weighted by Gasteiger charge is -2.34. The van der Waals surface area contributed by atoms with Gasteiger partial charge in [-0.2, -0.15) is 0 Å². The fourth-order valence-corrected chi connectivity index (χ4v) is 2.69. The first-order valence-corrected chi connectivity index (χ1v) is 7.43. The van der Waals surface area contributed by atoms with E-state index < -0.39 is 0 Å². The maximum Gasteiger partial charge on any atom is 0.0704 e. The summed E-state index contributed by atoms with van der Waals surface area (Å²) in [5.41, 5.74) is 1.44. The standard InChI is InChI=1S/C15H27N3/c1-3-16(4-2)14-17-12-8-15(9-13-17)18-10-6-5-7-11-18/h8-9,12H,3-7,10-11,13-14H2,1-2H3. The van der Waals surface area contributed by atoms with Crippen molar-refractivity contribution in [1.29, 1.82) is 0 Å². The molecular formula is C15H27N3. The van der Waals surface area contributed by atoms with E-state index >= 15 is 0 Å². The average molecular weight is 249 g/mol. The van der Waals surface area contributed by atoms with Crippen LogP contribution in [0.25, 0.3) is 0 Å². The Balaban J connectivity index is 1.82. The zero-order valence-electron chi connectivity index (χ0n) is 11.9. The van der Waals surface area contributed by atoms with Crippen LogP contribution in [-0.2, 0) is 0 Å². The van der Waals surface area contributed by atoms with Gasteiger partial charge in [0.2, 0.25) is 0 Å². The molecule has 3 heteroatoms. The van der Waals surface area contributed by atoms with Crippen molar-refractivity contribution < 1.29 is 0 Å². The summed E-state index contributed by atoms with van der Waals surface area (Å²) in [4.78, 5) is 7.37. The van der Waals surface area contributed by atoms with Crippen molar-refractivity contribution in [2.75, 3.05) is 39.4 Å². The van der Waals surface area contributed by atoms with Crippen LogP contribution in [0, 0.1) is 0 Å². The number of nitrogens with zero attached hydrogens (tertiary/aromatic N) is 3. The van der Waals surface area contributed by atoms with Gasteiger partial charge >= 0.3 is 0 Å². The van der Waals surface area contributed by atoms with Gasteiger partial charge in [0, 0.05) is 31.5 Å². The first kappa shape index (κ1) is 13.5. The molecule has 0 aromatic heterocycles. The van der Waals surface area contributed by atoms with Crippen LogP contribution in [0.2, 0.25) is 0 Å². The summed E-state index contributed by atoms with van der Waals surface area (Å²) in [6, 6.07) is 0. The van der Waals surface area contributed by atoms with E-state index in [0.29, 0.717) is 0 Å². The predicted octanol–water partition coefficient (Wildman–Crippen LogP) is 2.48. The van der Waals surface area contributed by atoms with Gasteiger partial charge in [-0.3, -0.25) is 4.90 Å². The van der Waals surface area contributed by atoms with E-state index in [0.717, 1.165) is 26.3 Å². The molecule has 0 spiro atoms. The van der Waals surface area contributed by atoms with Gasteiger partial charge in [-0.1, -0.05) is 13.8 Å². The van der Waals surface area contributed by atoms with Crippen molar-refractivity contribution in [3.63, 3.8) is 0 Å². The quantitative estimate of drug-likeness (QED) is 0.741. The van der Waals surface area contributed by atoms with Gasteiger partial charge in [0.05, 0.1) is 6.67 Å². The predicted molar refractivity (Wildman–Crippen MR) is 77.1 cm³/mol. The second-order valence-corrected chi connectivity index (χ2v) is 5.21. The molecule has 0 aromatic carbocycles. The Bertz CT molecular complexity index is 299. The highest BCUT2D eigenvalue weighted by molar-refractivity contribution is 5.21. The molecule has 2 rings (SSSR count). The summed E-state index contributed by atoms with van der Waals surface area (Å²) in [6.45, 7) is 11.3. The van der Waals surface area contributed by atoms with Gasteiger partial charge in [-0.15, -0.1) is 0 Å². The summed E-state index contributed by atoms with van der Waals surface area (Å²) in [5.74, 6) is 0. The van der Waals surface area contributed by atoms with Crippen molar-refractivity contribution in [1.82, 2.24) is 14.7 Å². The summed E-state index contributed by atoms with van der Waals surface area (Å²) < 4.78 is 0. The molecule has 3 nitrogen and oxygen atoms in total. The number of piperidine rings is 1. The van der Waals surface area contributed by atoms with Crippen LogP contribution in [0.3, 0.4) is 0 Å². The largest absolute Gasteiger partial charge is 0.372 e. The van der Waals surface area contributed by atoms with Gasteiger partial charge in [0.15, 0.2) is 0 Å². The Labute approximate surface area is 112 Å². The molecule has 0 atom stereocenters. The molecule has 0 saturated carbocycles. The lowest BCUT2D eigenvalue weighted by molar-refractivity contribution is 0.192. The lowest BCUT2D eigenvalue weighted by atomic mass is 10.1. The molecular weight excluding hydrogens is 222 g/mol. The lowest BCUT2D eigenvalue weighted by Crippen LogP contribution is -2.37. The van der Waals surface area contributed by atoms with Gasteiger partial charge in [-0.25, -0.2) is 0 Å². The molecule has 0 radical (unpaired) electrons. The van der Waals surface area contributed by atoms with Crippen LogP contribution in [0.4, 0.5) is 0 Å². The molecule has 0 amide bonds. The van der Waals surface area contributed by atoms with Gasteiger partial charge in [0.25, 0.3) is 0 Å². The monoisotopic (exact) mass is 249 g/mol. The molecule has 2 aliphatic heterocycles. The highest BCUT2D eigenvalue weighted by Crippen LogP contribution is 2.18. The molecule has 0 aromatic rings. The van der Waals surface area contributed by atoms with E-state index in [1.165, 1.54) is 38.0 Å². The molecule has 0 bridgehead atoms. The van der Waals surface area contributed by atoms with Crippen molar-refractivity contribution in [2.24, 2.45) is 0 Å². The van der Waals surface area contributed by atoms with Crippen molar-refractivity contribution in [3.05, 3.63) is 24.0 Å². The number of rotatable bonds is 5. The Morgan fingerprint density at radius 3 is 2.39 bits per heavy atom. The summed E-state index contributed by atoms with van der Waals surface area (Å²) >= 11 is 0. The van der Waals surface area contributed by atoms with Crippen LogP contribution in [0.15, 0.2) is 24.0 Å². The minimum absolute atomic E-state index is 1.05. The SMILES string of the molecule is CCN(CC)CN1C=CC(N2CCCCC2)=CC1. The average Bonchev–Trinajstić information content (AvgIpc) is 2.46. The minimum Gasteiger partial charge on any atom is -0.372 e. The van der Waals surface area contributed by atoms with E-state index in [1.807, 2.05) is 0 Å². The number of allylic oxidation sites excluding steroid dienone is 1. The molecule has 2 aliphatic rings. The fraction of sp³-hybridized carbons (Fsp3) is 0.733. The first-order chi connectivity index (χ1) is 8.83. The summed E-state index contributed by atoms with van der Waals surface area (Å²) in [7, 11) is 0. The third-order valence-electron chi connectivity index (χ3n) is 3.99. The third kappa shape index (κ3) is 3.52. The molecule has 0 unspecified atom stereocenters. The molecule has 2 heterocycles. The smallest absolute Gasteiger partial charge is 0.0704 e. The second-order valence-electron chi connectivity index (χ2n) is 5.21. The van der Waals surface area contributed by atoms with Crippen LogP contribution in [-0.4, -0.2) is 54.1 Å². The van der Waals surface area contributed by atoms with Crippen molar-refractivity contribution >= 4 is 0 Å². The van der Waals surface area contributed by atoms with Crippen LogP contribution >= 0.6 is 0 Å². The topological polar surface area (TPSA) is 9.72 Å². The van der Waals surface area contributed by atoms with Gasteiger partial charge in [-0.05, 0) is 44.5 Å². The Morgan fingerprint density at radius 2 is 1.83 bits per heavy atom. The highest BCUT2D eigenvalue weighted by Gasteiger charge is 2.14. The number of hydrogen-bond acceptors (Lipinski definition) is 3. The van der Waals surface area contributed by atoms with Crippen molar-refractivity contribution in [3.8, 4) is 0 Å². The van der Waals surface area contributed by atoms with E-state index in [4.69, 9.17) is 0 Å². The summed E-state index contributed by atoms with van der Waals surface area (Å²) in [6.07, 6.45) is 11.1. The molecule has 0 aliphatic carbocycles. The number of likely N-dealkylation sites (tertiary alicyclic amines) is 1. The molecule has 102 valence electrons. The van der Waals surface area contributed by atoms with E-state index in [-0.39, 0.29) is 0 Å². The third-order valence-corrected chi connectivity index (χ3v) is 3.99. The number of hydrogen-bond donors (Lipinski definition) is 0. The van der Waals surface area contributed by atoms with Crippen LogP contribution in [0.5, 0.6) is 0 Å². The Morgan fingerprint density at radius 1 is 1.11 bits per heavy atom. The highest BCUT2D eigenvalue weighted by atomic mass is 15.3. The van der Waals surface area contributed by atoms with Crippen molar-refractivity contribution in [2.45, 2.75) is 33.1 Å². The van der Waals surface area contributed by atoms with Crippen LogP contribution < -0.4 is 0 Å². The van der Waals surface area contributed by atoms with Gasteiger partial charge in [0.1, 0.15) is 0 Å². The van der Waals surface area contributed by atoms with Crippen LogP contribution in [0.1, 0.15) is 33.1 Å². The second kappa shape index (κ2) is 6.83. The maximum atomic E-state index is 2.54. The normalized spacial score (nSPS) is 20.5. The molecule has 1 fully saturated rings. The zero-order valence-corrected chi connectivity index (χ0v) is 11.9. The fourth-order valence-electron chi connectivity index (χ4n) is 2.69. The molecule has 1 saturated heterocycles. The molecule has 18 heavy (non-hydrogen) atoms.